The van der Waals surface area contributed by atoms with E-state index in [1.807, 2.05) is 18.2 Å². The number of benzene rings is 2. The van der Waals surface area contributed by atoms with Crippen LogP contribution in [0.3, 0.4) is 0 Å². The van der Waals surface area contributed by atoms with Crippen molar-refractivity contribution in [3.05, 3.63) is 64.2 Å². The average Bonchev–Trinajstić information content (AvgIpc) is 2.61. The van der Waals surface area contributed by atoms with E-state index in [1.165, 1.54) is 7.11 Å². The van der Waals surface area contributed by atoms with E-state index in [4.69, 9.17) is 11.6 Å². The van der Waals surface area contributed by atoms with Crippen LogP contribution in [-0.2, 0) is 4.74 Å². The van der Waals surface area contributed by atoms with Gasteiger partial charge in [0.15, 0.2) is 0 Å². The summed E-state index contributed by atoms with van der Waals surface area (Å²) in [4.78, 5) is 25.1. The second-order valence-electron chi connectivity index (χ2n) is 5.41. The molecular weight excluding hydrogens is 346 g/mol. The van der Waals surface area contributed by atoms with E-state index in [1.54, 1.807) is 36.0 Å². The van der Waals surface area contributed by atoms with Gasteiger partial charge in [-0.2, -0.15) is 0 Å². The molecule has 0 aliphatic carbocycles. The van der Waals surface area contributed by atoms with Crippen molar-refractivity contribution in [1.82, 2.24) is 5.32 Å². The molecule has 4 nitrogen and oxygen atoms in total. The highest BCUT2D eigenvalue weighted by molar-refractivity contribution is 7.99. The van der Waals surface area contributed by atoms with Gasteiger partial charge in [-0.15, -0.1) is 11.8 Å². The summed E-state index contributed by atoms with van der Waals surface area (Å²) in [7, 11) is 1.33. The van der Waals surface area contributed by atoms with Crippen molar-refractivity contribution in [3.8, 4) is 0 Å². The van der Waals surface area contributed by atoms with Crippen LogP contribution in [0, 0.1) is 0 Å². The van der Waals surface area contributed by atoms with Gasteiger partial charge in [0.2, 0.25) is 0 Å². The summed E-state index contributed by atoms with van der Waals surface area (Å²) in [5.74, 6) is 0.352. The minimum Gasteiger partial charge on any atom is -0.465 e. The number of amides is 1. The lowest BCUT2D eigenvalue weighted by atomic mass is 10.0. The van der Waals surface area contributed by atoms with Crippen LogP contribution < -0.4 is 5.32 Å². The minimum atomic E-state index is -0.421. The standard InChI is InChI=1S/C18H16ClNO3S/c1-23-18(22)12-4-2-11(3-5-12)17(21)20-15-8-9-24-16-7-6-13(19)10-14(15)16/h2-7,10,15H,8-9H2,1H3,(H,20,21). The maximum atomic E-state index is 12.5. The third-order valence-corrected chi connectivity index (χ3v) is 5.24. The van der Waals surface area contributed by atoms with Crippen LogP contribution in [-0.4, -0.2) is 24.7 Å². The molecule has 6 heteroatoms. The summed E-state index contributed by atoms with van der Waals surface area (Å²) in [5, 5.41) is 3.72. The number of rotatable bonds is 3. The molecule has 0 radical (unpaired) electrons. The molecule has 1 N–H and O–H groups in total. The fourth-order valence-corrected chi connectivity index (χ4v) is 3.92. The lowest BCUT2D eigenvalue weighted by Gasteiger charge is -2.26. The fourth-order valence-electron chi connectivity index (χ4n) is 2.63. The van der Waals surface area contributed by atoms with Crippen LogP contribution in [0.1, 0.15) is 38.7 Å². The number of carbonyl (C=O) groups is 2. The number of halogens is 1. The lowest BCUT2D eigenvalue weighted by Crippen LogP contribution is -2.30. The monoisotopic (exact) mass is 361 g/mol. The number of fused-ring (bicyclic) bond motifs is 1. The molecule has 0 saturated heterocycles. The van der Waals surface area contributed by atoms with Crippen LogP contribution in [0.5, 0.6) is 0 Å². The summed E-state index contributed by atoms with van der Waals surface area (Å²) in [6.45, 7) is 0. The Labute approximate surface area is 149 Å². The van der Waals surface area contributed by atoms with Gasteiger partial charge < -0.3 is 10.1 Å². The zero-order valence-corrected chi connectivity index (χ0v) is 14.6. The number of esters is 1. The molecule has 124 valence electrons. The molecule has 1 aliphatic heterocycles. The molecule has 0 aromatic heterocycles. The SMILES string of the molecule is COC(=O)c1ccc(C(=O)NC2CCSc3ccc(Cl)cc32)cc1. The van der Waals surface area contributed by atoms with Crippen molar-refractivity contribution in [2.45, 2.75) is 17.4 Å². The Balaban J connectivity index is 1.76. The third kappa shape index (κ3) is 3.57. The summed E-state index contributed by atoms with van der Waals surface area (Å²) in [5.41, 5.74) is 1.97. The van der Waals surface area contributed by atoms with Crippen molar-refractivity contribution in [2.75, 3.05) is 12.9 Å². The van der Waals surface area contributed by atoms with E-state index < -0.39 is 5.97 Å². The van der Waals surface area contributed by atoms with Gasteiger partial charge >= 0.3 is 5.97 Å². The van der Waals surface area contributed by atoms with Gasteiger partial charge in [-0.1, -0.05) is 11.6 Å². The number of hydrogen-bond acceptors (Lipinski definition) is 4. The number of ether oxygens (including phenoxy) is 1. The van der Waals surface area contributed by atoms with Crippen LogP contribution in [0.25, 0.3) is 0 Å². The smallest absolute Gasteiger partial charge is 0.337 e. The van der Waals surface area contributed by atoms with Crippen molar-refractivity contribution in [1.29, 1.82) is 0 Å². The molecule has 1 unspecified atom stereocenters. The lowest BCUT2D eigenvalue weighted by molar-refractivity contribution is 0.0600. The van der Waals surface area contributed by atoms with Crippen molar-refractivity contribution >= 4 is 35.2 Å². The second kappa shape index (κ2) is 7.28. The molecular formula is C18H16ClNO3S. The maximum absolute atomic E-state index is 12.5. The summed E-state index contributed by atoms with van der Waals surface area (Å²) >= 11 is 7.86. The first-order chi connectivity index (χ1) is 11.6. The zero-order valence-electron chi connectivity index (χ0n) is 13.0. The van der Waals surface area contributed by atoms with Gasteiger partial charge in [-0.3, -0.25) is 4.79 Å². The zero-order chi connectivity index (χ0) is 17.1. The summed E-state index contributed by atoms with van der Waals surface area (Å²) in [6, 6.07) is 12.1. The van der Waals surface area contributed by atoms with E-state index in [0.29, 0.717) is 16.1 Å². The van der Waals surface area contributed by atoms with Crippen LogP contribution in [0.4, 0.5) is 0 Å². The molecule has 3 rings (SSSR count). The highest BCUT2D eigenvalue weighted by Crippen LogP contribution is 2.37. The van der Waals surface area contributed by atoms with Gasteiger partial charge in [0.05, 0.1) is 18.7 Å². The second-order valence-corrected chi connectivity index (χ2v) is 6.99. The number of thioether (sulfide) groups is 1. The molecule has 1 amide bonds. The van der Waals surface area contributed by atoms with E-state index in [9.17, 15) is 9.59 Å². The van der Waals surface area contributed by atoms with Crippen molar-refractivity contribution in [3.63, 3.8) is 0 Å². The Morgan fingerprint density at radius 1 is 1.17 bits per heavy atom. The topological polar surface area (TPSA) is 55.4 Å². The van der Waals surface area contributed by atoms with Crippen LogP contribution in [0.2, 0.25) is 5.02 Å². The molecule has 0 spiro atoms. The number of hydrogen-bond donors (Lipinski definition) is 1. The van der Waals surface area contributed by atoms with E-state index in [0.717, 1.165) is 22.6 Å². The van der Waals surface area contributed by atoms with Gasteiger partial charge in [0.1, 0.15) is 0 Å². The summed E-state index contributed by atoms with van der Waals surface area (Å²) < 4.78 is 4.65. The van der Waals surface area contributed by atoms with Crippen LogP contribution >= 0.6 is 23.4 Å². The van der Waals surface area contributed by atoms with Crippen molar-refractivity contribution in [2.24, 2.45) is 0 Å². The van der Waals surface area contributed by atoms with E-state index in [2.05, 4.69) is 10.1 Å². The average molecular weight is 362 g/mol. The first-order valence-electron chi connectivity index (χ1n) is 7.50. The Kier molecular flexibility index (Phi) is 5.11. The minimum absolute atomic E-state index is 0.0623. The Morgan fingerprint density at radius 3 is 2.58 bits per heavy atom. The van der Waals surface area contributed by atoms with E-state index >= 15 is 0 Å². The van der Waals surface area contributed by atoms with Gasteiger partial charge in [0.25, 0.3) is 5.91 Å². The van der Waals surface area contributed by atoms with Gasteiger partial charge in [0, 0.05) is 21.2 Å². The predicted octanol–water partition coefficient (Wildman–Crippen LogP) is 4.09. The molecule has 0 fully saturated rings. The van der Waals surface area contributed by atoms with E-state index in [-0.39, 0.29) is 11.9 Å². The number of carbonyl (C=O) groups excluding carboxylic acids is 2. The normalized spacial score (nSPS) is 16.2. The number of methoxy groups -OCH3 is 1. The predicted molar refractivity (Wildman–Crippen MR) is 94.8 cm³/mol. The molecule has 1 aliphatic rings. The molecule has 2 aromatic carbocycles. The molecule has 1 atom stereocenters. The third-order valence-electron chi connectivity index (χ3n) is 3.88. The van der Waals surface area contributed by atoms with Crippen molar-refractivity contribution < 1.29 is 14.3 Å². The Bertz CT molecular complexity index is 776. The Hall–Kier alpha value is -1.98. The number of nitrogens with one attached hydrogen (secondary N) is 1. The largest absolute Gasteiger partial charge is 0.465 e. The highest BCUT2D eigenvalue weighted by Gasteiger charge is 2.23. The Morgan fingerprint density at radius 2 is 1.88 bits per heavy atom. The first kappa shape index (κ1) is 16.9. The fraction of sp³-hybridized carbons (Fsp3) is 0.222. The van der Waals surface area contributed by atoms with Gasteiger partial charge in [-0.05, 0) is 54.4 Å². The summed E-state index contributed by atoms with van der Waals surface area (Å²) in [6.07, 6.45) is 0.851. The highest BCUT2D eigenvalue weighted by atomic mass is 35.5. The first-order valence-corrected chi connectivity index (χ1v) is 8.86. The molecule has 2 aromatic rings. The quantitative estimate of drug-likeness (QED) is 0.836. The van der Waals surface area contributed by atoms with Crippen LogP contribution in [0.15, 0.2) is 47.4 Å². The molecule has 0 bridgehead atoms. The molecule has 24 heavy (non-hydrogen) atoms. The molecule has 1 heterocycles. The van der Waals surface area contributed by atoms with Gasteiger partial charge in [-0.25, -0.2) is 4.79 Å². The molecule has 0 saturated carbocycles. The maximum Gasteiger partial charge on any atom is 0.337 e.